The molecule has 1 heterocycles. The van der Waals surface area contributed by atoms with E-state index in [1.54, 1.807) is 6.08 Å². The van der Waals surface area contributed by atoms with E-state index >= 15 is 0 Å². The van der Waals surface area contributed by atoms with E-state index in [0.717, 1.165) is 49.4 Å². The lowest BCUT2D eigenvalue weighted by atomic mass is 9.47. The molecule has 0 aromatic rings. The molecule has 0 aromatic heterocycles. The largest absolute Gasteiger partial charge is 0.377 e. The normalized spacial score (nSPS) is 47.0. The lowest BCUT2D eigenvalue weighted by Gasteiger charge is -2.60. The summed E-state index contributed by atoms with van der Waals surface area (Å²) in [6.07, 6.45) is 12.4. The number of halogens is 1. The van der Waals surface area contributed by atoms with Crippen molar-refractivity contribution in [3.05, 3.63) is 12.2 Å². The van der Waals surface area contributed by atoms with E-state index < -0.39 is 5.60 Å². The number of hydrogen-bond donors (Lipinski definition) is 1. The lowest BCUT2D eigenvalue weighted by Crippen LogP contribution is -2.60. The standard InChI is InChI=1S/C24H34INO2/c1-22-13-11-21(27)26(3)20(22)8-7-17-18(22)9-14-23(2)19(17)10-15-24(23,28)12-5-4-6-16-25/h11,13,17-20,28H,4,6-10,14-16H2,1-3H3/t17?,18?,19?,20?,22-,23+,24+/m1/s1. The Labute approximate surface area is 183 Å². The number of carbonyl (C=O) groups is 1. The summed E-state index contributed by atoms with van der Waals surface area (Å²) in [7, 11) is 1.97. The molecule has 0 bridgehead atoms. The van der Waals surface area contributed by atoms with Gasteiger partial charge in [0.1, 0.15) is 5.60 Å². The number of rotatable bonds is 2. The zero-order valence-electron chi connectivity index (χ0n) is 17.5. The van der Waals surface area contributed by atoms with Crippen LogP contribution in [0.25, 0.3) is 0 Å². The fourth-order valence-electron chi connectivity index (χ4n) is 7.32. The van der Waals surface area contributed by atoms with Crippen molar-refractivity contribution >= 4 is 28.5 Å². The monoisotopic (exact) mass is 495 g/mol. The molecule has 3 aliphatic carbocycles. The van der Waals surface area contributed by atoms with Crippen LogP contribution in [0.1, 0.15) is 65.2 Å². The van der Waals surface area contributed by atoms with Crippen LogP contribution in [0.2, 0.25) is 0 Å². The molecule has 1 N–H and O–H groups in total. The van der Waals surface area contributed by atoms with Crippen molar-refractivity contribution < 1.29 is 9.90 Å². The van der Waals surface area contributed by atoms with Crippen molar-refractivity contribution in [2.45, 2.75) is 76.9 Å². The SMILES string of the molecule is CN1C(=O)C=C[C@]2(C)C3CC[C@@]4(C)C(CC[C@@]4(O)C#CCCCI)C3CCC12. The molecule has 3 fully saturated rings. The summed E-state index contributed by atoms with van der Waals surface area (Å²) in [4.78, 5) is 14.2. The number of carbonyl (C=O) groups excluding carboxylic acids is 1. The van der Waals surface area contributed by atoms with E-state index in [2.05, 4.69) is 54.4 Å². The van der Waals surface area contributed by atoms with E-state index in [-0.39, 0.29) is 16.7 Å². The zero-order valence-corrected chi connectivity index (χ0v) is 19.7. The molecular formula is C24H34INO2. The minimum Gasteiger partial charge on any atom is -0.377 e. The van der Waals surface area contributed by atoms with Crippen molar-refractivity contribution in [3.63, 3.8) is 0 Å². The van der Waals surface area contributed by atoms with Crippen LogP contribution in [-0.2, 0) is 4.79 Å². The predicted octanol–water partition coefficient (Wildman–Crippen LogP) is 4.58. The Balaban J connectivity index is 1.61. The topological polar surface area (TPSA) is 40.5 Å². The van der Waals surface area contributed by atoms with Crippen LogP contribution in [0, 0.1) is 40.4 Å². The minimum absolute atomic E-state index is 0.0690. The van der Waals surface area contributed by atoms with E-state index in [0.29, 0.717) is 23.8 Å². The second-order valence-corrected chi connectivity index (χ2v) is 11.1. The molecule has 1 aliphatic heterocycles. The predicted molar refractivity (Wildman–Crippen MR) is 121 cm³/mol. The molecule has 0 aromatic carbocycles. The second kappa shape index (κ2) is 7.30. The molecule has 0 radical (unpaired) electrons. The van der Waals surface area contributed by atoms with E-state index in [4.69, 9.17) is 0 Å². The van der Waals surface area contributed by atoms with Crippen LogP contribution >= 0.6 is 22.6 Å². The number of hydrogen-bond acceptors (Lipinski definition) is 2. The van der Waals surface area contributed by atoms with Crippen molar-refractivity contribution in [1.82, 2.24) is 4.90 Å². The lowest BCUT2D eigenvalue weighted by molar-refractivity contribution is -0.143. The molecule has 4 unspecified atom stereocenters. The molecule has 0 spiro atoms. The Bertz CT molecular complexity index is 739. The maximum absolute atomic E-state index is 12.2. The van der Waals surface area contributed by atoms with Gasteiger partial charge >= 0.3 is 0 Å². The van der Waals surface area contributed by atoms with Gasteiger partial charge in [0.2, 0.25) is 5.91 Å². The number of aliphatic hydroxyl groups is 1. The summed E-state index contributed by atoms with van der Waals surface area (Å²) < 4.78 is 1.12. The number of alkyl halides is 1. The second-order valence-electron chi connectivity index (χ2n) is 10.1. The molecule has 4 rings (SSSR count). The average molecular weight is 495 g/mol. The molecule has 154 valence electrons. The van der Waals surface area contributed by atoms with Crippen molar-refractivity contribution in [1.29, 1.82) is 0 Å². The quantitative estimate of drug-likeness (QED) is 0.264. The highest BCUT2D eigenvalue weighted by molar-refractivity contribution is 14.1. The Hall–Kier alpha value is -0.540. The maximum Gasteiger partial charge on any atom is 0.246 e. The number of amides is 1. The van der Waals surface area contributed by atoms with Crippen molar-refractivity contribution in [3.8, 4) is 11.8 Å². The average Bonchev–Trinajstić information content (AvgIpc) is 2.94. The van der Waals surface area contributed by atoms with Gasteiger partial charge in [0.15, 0.2) is 0 Å². The first-order valence-electron chi connectivity index (χ1n) is 11.0. The Morgan fingerprint density at radius 2 is 1.96 bits per heavy atom. The minimum atomic E-state index is -0.819. The smallest absolute Gasteiger partial charge is 0.246 e. The first kappa shape index (κ1) is 20.7. The van der Waals surface area contributed by atoms with Gasteiger partial charge in [-0.25, -0.2) is 0 Å². The molecule has 7 atom stereocenters. The molecule has 3 saturated carbocycles. The highest BCUT2D eigenvalue weighted by Gasteiger charge is 2.64. The van der Waals surface area contributed by atoms with Gasteiger partial charge in [-0.05, 0) is 68.8 Å². The summed E-state index contributed by atoms with van der Waals surface area (Å²) >= 11 is 2.39. The molecule has 1 amide bonds. The van der Waals surface area contributed by atoms with E-state index in [9.17, 15) is 9.90 Å². The summed E-state index contributed by atoms with van der Waals surface area (Å²) in [6.45, 7) is 4.69. The molecule has 4 aliphatic rings. The van der Waals surface area contributed by atoms with Crippen LogP contribution in [0.4, 0.5) is 0 Å². The van der Waals surface area contributed by atoms with Crippen LogP contribution in [0.15, 0.2) is 12.2 Å². The molecule has 3 nitrogen and oxygen atoms in total. The number of likely N-dealkylation sites (N-methyl/N-ethyl adjacent to an activating group) is 1. The van der Waals surface area contributed by atoms with Gasteiger partial charge in [-0.1, -0.05) is 48.4 Å². The van der Waals surface area contributed by atoms with Gasteiger partial charge < -0.3 is 10.0 Å². The highest BCUT2D eigenvalue weighted by atomic mass is 127. The third-order valence-corrected chi connectivity index (χ3v) is 9.77. The Morgan fingerprint density at radius 3 is 2.71 bits per heavy atom. The summed E-state index contributed by atoms with van der Waals surface area (Å²) in [6, 6.07) is 0.323. The van der Waals surface area contributed by atoms with E-state index in [1.165, 1.54) is 6.42 Å². The zero-order chi connectivity index (χ0) is 20.2. The molecule has 0 saturated heterocycles. The molecule has 4 heteroatoms. The van der Waals surface area contributed by atoms with Crippen LogP contribution in [0.3, 0.4) is 0 Å². The van der Waals surface area contributed by atoms with Gasteiger partial charge in [0.05, 0.1) is 0 Å². The van der Waals surface area contributed by atoms with Crippen molar-refractivity contribution in [2.24, 2.45) is 28.6 Å². The molecular weight excluding hydrogens is 461 g/mol. The summed E-state index contributed by atoms with van der Waals surface area (Å²) in [5.41, 5.74) is -0.838. The number of fused-ring (bicyclic) bond motifs is 5. The third kappa shape index (κ3) is 2.90. The first-order valence-corrected chi connectivity index (χ1v) is 12.5. The number of unbranched alkanes of at least 4 members (excludes halogenated alkanes) is 1. The van der Waals surface area contributed by atoms with Gasteiger partial charge in [0.25, 0.3) is 0 Å². The van der Waals surface area contributed by atoms with E-state index in [1.807, 2.05) is 11.9 Å². The summed E-state index contributed by atoms with van der Waals surface area (Å²) in [5.74, 6) is 8.58. The fourth-order valence-corrected chi connectivity index (χ4v) is 7.71. The fraction of sp³-hybridized carbons (Fsp3) is 0.792. The van der Waals surface area contributed by atoms with Crippen LogP contribution < -0.4 is 0 Å². The van der Waals surface area contributed by atoms with Gasteiger partial charge in [-0.3, -0.25) is 4.79 Å². The van der Waals surface area contributed by atoms with Gasteiger partial charge in [-0.2, -0.15) is 0 Å². The molecule has 28 heavy (non-hydrogen) atoms. The maximum atomic E-state index is 12.2. The Kier molecular flexibility index (Phi) is 5.41. The highest BCUT2D eigenvalue weighted by Crippen LogP contribution is 2.66. The van der Waals surface area contributed by atoms with Gasteiger partial charge in [0, 0.05) is 34.8 Å². The van der Waals surface area contributed by atoms with Crippen LogP contribution in [0.5, 0.6) is 0 Å². The number of nitrogens with zero attached hydrogens (tertiary/aromatic N) is 1. The van der Waals surface area contributed by atoms with Crippen LogP contribution in [-0.4, -0.2) is 39.0 Å². The van der Waals surface area contributed by atoms with Gasteiger partial charge in [-0.15, -0.1) is 5.92 Å². The summed E-state index contributed by atoms with van der Waals surface area (Å²) in [5, 5.41) is 11.6. The third-order valence-electron chi connectivity index (χ3n) is 9.01. The van der Waals surface area contributed by atoms with Crippen molar-refractivity contribution in [2.75, 3.05) is 11.5 Å². The Morgan fingerprint density at radius 1 is 1.21 bits per heavy atom. The first-order chi connectivity index (χ1) is 13.3.